The van der Waals surface area contributed by atoms with Crippen molar-refractivity contribution in [3.63, 3.8) is 0 Å². The van der Waals surface area contributed by atoms with Crippen molar-refractivity contribution in [2.24, 2.45) is 4.99 Å². The van der Waals surface area contributed by atoms with Gasteiger partial charge in [-0.15, -0.1) is 0 Å². The maximum absolute atomic E-state index is 16.3. The van der Waals surface area contributed by atoms with E-state index in [9.17, 15) is 9.59 Å². The van der Waals surface area contributed by atoms with Crippen LogP contribution in [0.15, 0.2) is 58.8 Å². The number of aryl methyl sites for hydroxylation is 2. The van der Waals surface area contributed by atoms with Crippen LogP contribution >= 0.6 is 0 Å². The molecule has 0 saturated carbocycles. The number of fused-ring (bicyclic) bond motifs is 2. The van der Waals surface area contributed by atoms with Gasteiger partial charge >= 0.3 is 5.69 Å². The van der Waals surface area contributed by atoms with Crippen LogP contribution in [0.25, 0.3) is 28.0 Å². The summed E-state index contributed by atoms with van der Waals surface area (Å²) in [4.78, 5) is 44.1. The molecule has 220 valence electrons. The van der Waals surface area contributed by atoms with E-state index < -0.39 is 11.5 Å². The largest absolute Gasteiger partial charge is 0.355 e. The molecular weight excluding hydrogens is 543 g/mol. The minimum absolute atomic E-state index is 0.114. The molecule has 6 rings (SSSR count). The zero-order valence-electron chi connectivity index (χ0n) is 25.2. The number of para-hydroxylation sites is 1. The number of hydrogen-bond donors (Lipinski definition) is 0. The van der Waals surface area contributed by atoms with E-state index in [-0.39, 0.29) is 23.6 Å². The molecule has 0 bridgehead atoms. The third-order valence-electron chi connectivity index (χ3n) is 8.56. The molecule has 9 heteroatoms. The Labute approximate surface area is 250 Å². The summed E-state index contributed by atoms with van der Waals surface area (Å²) in [5.74, 6) is -0.168. The van der Waals surface area contributed by atoms with Gasteiger partial charge in [-0.1, -0.05) is 50.8 Å². The third-order valence-corrected chi connectivity index (χ3v) is 8.56. The second-order valence-electron chi connectivity index (χ2n) is 11.7. The molecule has 2 aromatic heterocycles. The second kappa shape index (κ2) is 10.9. The van der Waals surface area contributed by atoms with Crippen molar-refractivity contribution in [3.05, 3.63) is 93.2 Å². The van der Waals surface area contributed by atoms with Crippen molar-refractivity contribution < 1.29 is 9.18 Å². The number of aromatic nitrogens is 3. The SMILES string of the molecule is C=CC(=O)N1CCN(c2nc(=O)n(-c3c(C)cccc3C(C)C)c3nc(-c4c(C)ccc5c4C=NC5)c(F)cc23)[C@@H](C)C1. The molecule has 1 fully saturated rings. The zero-order valence-corrected chi connectivity index (χ0v) is 25.2. The molecule has 0 N–H and O–H groups in total. The number of nitrogens with zero attached hydrogens (tertiary/aromatic N) is 6. The van der Waals surface area contributed by atoms with Crippen LogP contribution in [0, 0.1) is 19.7 Å². The molecule has 4 aromatic rings. The van der Waals surface area contributed by atoms with Crippen LogP contribution in [0.5, 0.6) is 0 Å². The quantitative estimate of drug-likeness (QED) is 0.293. The van der Waals surface area contributed by atoms with E-state index in [2.05, 4.69) is 30.4 Å². The average Bonchev–Trinajstić information content (AvgIpc) is 3.46. The summed E-state index contributed by atoms with van der Waals surface area (Å²) >= 11 is 0. The number of benzene rings is 2. The van der Waals surface area contributed by atoms with Crippen LogP contribution in [0.2, 0.25) is 0 Å². The minimum Gasteiger partial charge on any atom is -0.350 e. The summed E-state index contributed by atoms with van der Waals surface area (Å²) in [5, 5.41) is 0.438. The van der Waals surface area contributed by atoms with E-state index in [1.807, 2.05) is 56.0 Å². The monoisotopic (exact) mass is 578 g/mol. The summed E-state index contributed by atoms with van der Waals surface area (Å²) in [6.45, 7) is 15.4. The number of hydrogen-bond acceptors (Lipinski definition) is 6. The number of amides is 1. The third kappa shape index (κ3) is 4.73. The normalized spacial score (nSPS) is 16.3. The van der Waals surface area contributed by atoms with Crippen molar-refractivity contribution in [1.82, 2.24) is 19.4 Å². The maximum atomic E-state index is 16.3. The number of piperazine rings is 1. The van der Waals surface area contributed by atoms with Gasteiger partial charge in [-0.05, 0) is 61.1 Å². The van der Waals surface area contributed by atoms with E-state index in [0.717, 1.165) is 27.8 Å². The molecule has 2 aliphatic rings. The molecule has 1 saturated heterocycles. The maximum Gasteiger partial charge on any atom is 0.355 e. The van der Waals surface area contributed by atoms with Crippen LogP contribution < -0.4 is 10.6 Å². The molecule has 2 aromatic carbocycles. The highest BCUT2D eigenvalue weighted by Gasteiger charge is 2.31. The zero-order chi connectivity index (χ0) is 30.6. The number of aliphatic imine (C=N–C) groups is 1. The van der Waals surface area contributed by atoms with Gasteiger partial charge in [0.1, 0.15) is 17.3 Å². The van der Waals surface area contributed by atoms with Crippen LogP contribution in [0.3, 0.4) is 0 Å². The first-order chi connectivity index (χ1) is 20.6. The predicted octanol–water partition coefficient (Wildman–Crippen LogP) is 5.48. The van der Waals surface area contributed by atoms with Crippen molar-refractivity contribution in [2.45, 2.75) is 53.1 Å². The average molecular weight is 579 g/mol. The predicted molar refractivity (Wildman–Crippen MR) is 169 cm³/mol. The first-order valence-corrected chi connectivity index (χ1v) is 14.6. The van der Waals surface area contributed by atoms with E-state index >= 15 is 4.39 Å². The summed E-state index contributed by atoms with van der Waals surface area (Å²) in [6.07, 6.45) is 3.08. The Hall–Kier alpha value is -4.66. The number of carbonyl (C=O) groups excluding carboxylic acids is 1. The fourth-order valence-corrected chi connectivity index (χ4v) is 6.36. The van der Waals surface area contributed by atoms with Crippen LogP contribution in [0.4, 0.5) is 10.2 Å². The Bertz CT molecular complexity index is 1890. The van der Waals surface area contributed by atoms with Gasteiger partial charge < -0.3 is 9.80 Å². The fourth-order valence-electron chi connectivity index (χ4n) is 6.36. The van der Waals surface area contributed by atoms with Crippen molar-refractivity contribution in [3.8, 4) is 16.9 Å². The molecule has 0 aliphatic carbocycles. The molecule has 0 radical (unpaired) electrons. The van der Waals surface area contributed by atoms with Crippen molar-refractivity contribution in [2.75, 3.05) is 24.5 Å². The summed E-state index contributed by atoms with van der Waals surface area (Å²) < 4.78 is 17.9. The molecule has 1 atom stereocenters. The molecule has 0 spiro atoms. The molecule has 2 aliphatic heterocycles. The molecule has 0 unspecified atom stereocenters. The van der Waals surface area contributed by atoms with Gasteiger partial charge in [-0.3, -0.25) is 9.79 Å². The highest BCUT2D eigenvalue weighted by molar-refractivity contribution is 5.97. The lowest BCUT2D eigenvalue weighted by molar-refractivity contribution is -0.126. The molecule has 8 nitrogen and oxygen atoms in total. The number of pyridine rings is 1. The minimum atomic E-state index is -0.500. The van der Waals surface area contributed by atoms with E-state index in [0.29, 0.717) is 54.3 Å². The lowest BCUT2D eigenvalue weighted by atomic mass is 9.95. The van der Waals surface area contributed by atoms with Gasteiger partial charge in [-0.2, -0.15) is 4.98 Å². The Morgan fingerprint density at radius 2 is 1.91 bits per heavy atom. The topological polar surface area (TPSA) is 83.7 Å². The number of rotatable bonds is 5. The standard InChI is InChI=1S/C34H35FN6O2/c1-7-28(42)39-13-14-40(22(6)18-39)32-25-15-27(35)30(29-20(4)11-12-23-16-36-17-26(23)29)37-33(25)41(34(43)38-32)31-21(5)9-8-10-24(31)19(2)3/h7-12,15,17,19,22H,1,13-14,16,18H2,2-6H3/t22-/m0/s1. The fraction of sp³-hybridized carbons (Fsp3) is 0.324. The summed E-state index contributed by atoms with van der Waals surface area (Å²) in [5.41, 5.74) is 6.01. The smallest absolute Gasteiger partial charge is 0.350 e. The lowest BCUT2D eigenvalue weighted by Crippen LogP contribution is -2.54. The highest BCUT2D eigenvalue weighted by Crippen LogP contribution is 2.37. The van der Waals surface area contributed by atoms with Gasteiger partial charge in [0, 0.05) is 43.0 Å². The van der Waals surface area contributed by atoms with Gasteiger partial charge in [0.2, 0.25) is 5.91 Å². The Morgan fingerprint density at radius 1 is 1.12 bits per heavy atom. The Morgan fingerprint density at radius 3 is 2.63 bits per heavy atom. The van der Waals surface area contributed by atoms with Crippen LogP contribution in [0.1, 0.15) is 54.5 Å². The first kappa shape index (κ1) is 28.5. The Kier molecular flexibility index (Phi) is 7.20. The van der Waals surface area contributed by atoms with Gasteiger partial charge in [0.15, 0.2) is 5.65 Å². The van der Waals surface area contributed by atoms with E-state index in [1.165, 1.54) is 12.1 Å². The van der Waals surface area contributed by atoms with Gasteiger partial charge in [-0.25, -0.2) is 18.7 Å². The van der Waals surface area contributed by atoms with Crippen molar-refractivity contribution >= 4 is 29.0 Å². The van der Waals surface area contributed by atoms with Gasteiger partial charge in [0.25, 0.3) is 0 Å². The Balaban J connectivity index is 1.66. The van der Waals surface area contributed by atoms with Crippen LogP contribution in [-0.2, 0) is 11.3 Å². The molecule has 4 heterocycles. The molecular formula is C34H35FN6O2. The molecule has 43 heavy (non-hydrogen) atoms. The van der Waals surface area contributed by atoms with Crippen LogP contribution in [-0.4, -0.2) is 57.2 Å². The number of anilines is 1. The number of halogens is 1. The summed E-state index contributed by atoms with van der Waals surface area (Å²) in [7, 11) is 0. The summed E-state index contributed by atoms with van der Waals surface area (Å²) in [6, 6.07) is 11.2. The lowest BCUT2D eigenvalue weighted by Gasteiger charge is -2.40. The molecule has 1 amide bonds. The highest BCUT2D eigenvalue weighted by atomic mass is 19.1. The van der Waals surface area contributed by atoms with E-state index in [4.69, 9.17) is 4.98 Å². The first-order valence-electron chi connectivity index (χ1n) is 14.6. The van der Waals surface area contributed by atoms with Gasteiger partial charge in [0.05, 0.1) is 17.6 Å². The second-order valence-corrected chi connectivity index (χ2v) is 11.7. The van der Waals surface area contributed by atoms with Crippen molar-refractivity contribution in [1.29, 1.82) is 0 Å². The number of carbonyl (C=O) groups is 1. The van der Waals surface area contributed by atoms with E-state index in [1.54, 1.807) is 15.7 Å².